The maximum Gasteiger partial charge on any atom is 0.339 e. The fraction of sp³-hybridized carbons (Fsp3) is 0.125. The van der Waals surface area contributed by atoms with Crippen LogP contribution < -0.4 is 10.2 Å². The van der Waals surface area contributed by atoms with Gasteiger partial charge in [-0.1, -0.05) is 42.5 Å². The summed E-state index contributed by atoms with van der Waals surface area (Å²) in [6, 6.07) is 19.4. The van der Waals surface area contributed by atoms with E-state index in [2.05, 4.69) is 15.3 Å². The number of pyridine rings is 1. The SMILES string of the molecule is COC(=O)c1ccccc1NC(=O)CN1C(=O)CC(c2ccccc2)=Nc2cccnc21. The molecule has 0 bridgehead atoms. The zero-order valence-electron chi connectivity index (χ0n) is 17.3. The van der Waals surface area contributed by atoms with Crippen LogP contribution in [0.4, 0.5) is 17.2 Å². The number of fused-ring (bicyclic) bond motifs is 1. The molecule has 0 saturated heterocycles. The molecule has 8 nitrogen and oxygen atoms in total. The summed E-state index contributed by atoms with van der Waals surface area (Å²) >= 11 is 0. The van der Waals surface area contributed by atoms with Gasteiger partial charge in [-0.2, -0.15) is 0 Å². The van der Waals surface area contributed by atoms with Crippen molar-refractivity contribution in [3.05, 3.63) is 84.1 Å². The number of aromatic nitrogens is 1. The molecule has 2 aromatic carbocycles. The molecule has 0 radical (unpaired) electrons. The molecule has 0 aliphatic carbocycles. The van der Waals surface area contributed by atoms with Crippen LogP contribution in [0, 0.1) is 0 Å². The van der Waals surface area contributed by atoms with Crippen LogP contribution in [-0.2, 0) is 14.3 Å². The first-order valence-corrected chi connectivity index (χ1v) is 9.92. The number of aliphatic imine (C=N–C) groups is 1. The lowest BCUT2D eigenvalue weighted by molar-refractivity contribution is -0.120. The maximum absolute atomic E-state index is 13.1. The van der Waals surface area contributed by atoms with E-state index < -0.39 is 11.9 Å². The number of methoxy groups -OCH3 is 1. The van der Waals surface area contributed by atoms with Crippen molar-refractivity contribution >= 4 is 40.7 Å². The normalized spacial score (nSPS) is 13.0. The van der Waals surface area contributed by atoms with Gasteiger partial charge < -0.3 is 10.1 Å². The summed E-state index contributed by atoms with van der Waals surface area (Å²) in [5.74, 6) is -1.05. The number of hydrogen-bond acceptors (Lipinski definition) is 6. The van der Waals surface area contributed by atoms with Gasteiger partial charge in [0.25, 0.3) is 0 Å². The van der Waals surface area contributed by atoms with E-state index in [4.69, 9.17) is 4.74 Å². The van der Waals surface area contributed by atoms with E-state index in [1.807, 2.05) is 30.3 Å². The highest BCUT2D eigenvalue weighted by atomic mass is 16.5. The lowest BCUT2D eigenvalue weighted by atomic mass is 10.1. The molecule has 8 heteroatoms. The number of rotatable bonds is 5. The van der Waals surface area contributed by atoms with E-state index in [9.17, 15) is 14.4 Å². The number of esters is 1. The fourth-order valence-electron chi connectivity index (χ4n) is 3.40. The summed E-state index contributed by atoms with van der Waals surface area (Å²) in [5, 5.41) is 2.69. The Bertz CT molecular complexity index is 1210. The quantitative estimate of drug-likeness (QED) is 0.628. The maximum atomic E-state index is 13.1. The van der Waals surface area contributed by atoms with Crippen LogP contribution in [0.25, 0.3) is 0 Å². The van der Waals surface area contributed by atoms with Crippen molar-refractivity contribution in [2.45, 2.75) is 6.42 Å². The average molecular weight is 428 g/mol. The van der Waals surface area contributed by atoms with Crippen LogP contribution in [0.5, 0.6) is 0 Å². The van der Waals surface area contributed by atoms with Gasteiger partial charge in [0.15, 0.2) is 5.82 Å². The zero-order valence-corrected chi connectivity index (χ0v) is 17.3. The lowest BCUT2D eigenvalue weighted by Gasteiger charge is -2.21. The molecular weight excluding hydrogens is 408 g/mol. The number of anilines is 2. The minimum absolute atomic E-state index is 0.0202. The van der Waals surface area contributed by atoms with E-state index in [-0.39, 0.29) is 24.4 Å². The molecule has 160 valence electrons. The summed E-state index contributed by atoms with van der Waals surface area (Å²) in [7, 11) is 1.27. The number of ether oxygens (including phenoxy) is 1. The second-order valence-corrected chi connectivity index (χ2v) is 7.01. The molecule has 0 unspecified atom stereocenters. The molecule has 0 fully saturated rings. The Morgan fingerprint density at radius 1 is 1.03 bits per heavy atom. The van der Waals surface area contributed by atoms with Gasteiger partial charge in [0, 0.05) is 6.20 Å². The van der Waals surface area contributed by atoms with Gasteiger partial charge in [0.05, 0.1) is 30.5 Å². The third-order valence-electron chi connectivity index (χ3n) is 4.91. The molecule has 2 amide bonds. The standard InChI is InChI=1S/C24H20N4O4/c1-32-24(31)17-10-5-6-11-18(17)27-21(29)15-28-22(30)14-20(16-8-3-2-4-9-16)26-19-12-7-13-25-23(19)28/h2-13H,14-15H2,1H3,(H,27,29). The number of benzene rings is 2. The number of amides is 2. The molecule has 2 heterocycles. The molecule has 3 aromatic rings. The van der Waals surface area contributed by atoms with Gasteiger partial charge in [0.2, 0.25) is 11.8 Å². The van der Waals surface area contributed by atoms with E-state index >= 15 is 0 Å². The summed E-state index contributed by atoms with van der Waals surface area (Å²) in [6.45, 7) is -0.282. The molecular formula is C24H20N4O4. The number of carbonyl (C=O) groups is 3. The average Bonchev–Trinajstić information content (AvgIpc) is 2.96. The predicted octanol–water partition coefficient (Wildman–Crippen LogP) is 3.36. The van der Waals surface area contributed by atoms with Crippen molar-refractivity contribution in [1.29, 1.82) is 0 Å². The molecule has 1 aromatic heterocycles. The summed E-state index contributed by atoms with van der Waals surface area (Å²) in [4.78, 5) is 48.2. The van der Waals surface area contributed by atoms with Crippen molar-refractivity contribution in [3.63, 3.8) is 0 Å². The molecule has 1 aliphatic heterocycles. The highest BCUT2D eigenvalue weighted by molar-refractivity contribution is 6.18. The largest absolute Gasteiger partial charge is 0.465 e. The first-order valence-electron chi connectivity index (χ1n) is 9.92. The minimum Gasteiger partial charge on any atom is -0.465 e. The first kappa shape index (κ1) is 20.9. The number of nitrogens with one attached hydrogen (secondary N) is 1. The molecule has 0 spiro atoms. The molecule has 1 N–H and O–H groups in total. The molecule has 32 heavy (non-hydrogen) atoms. The number of carbonyl (C=O) groups excluding carboxylic acids is 3. The molecule has 0 atom stereocenters. The van der Waals surface area contributed by atoms with E-state index in [1.54, 1.807) is 42.6 Å². The second kappa shape index (κ2) is 9.22. The smallest absolute Gasteiger partial charge is 0.339 e. The summed E-state index contributed by atoms with van der Waals surface area (Å²) in [5.41, 5.74) is 2.45. The van der Waals surface area contributed by atoms with Gasteiger partial charge in [-0.25, -0.2) is 14.8 Å². The third-order valence-corrected chi connectivity index (χ3v) is 4.91. The van der Waals surface area contributed by atoms with Crippen molar-refractivity contribution in [2.75, 3.05) is 23.9 Å². The summed E-state index contributed by atoms with van der Waals surface area (Å²) in [6.07, 6.45) is 1.57. The zero-order chi connectivity index (χ0) is 22.5. The lowest BCUT2D eigenvalue weighted by Crippen LogP contribution is -2.39. The Kier molecular flexibility index (Phi) is 6.03. The van der Waals surface area contributed by atoms with E-state index in [0.29, 0.717) is 22.9 Å². The Morgan fingerprint density at radius 3 is 2.56 bits per heavy atom. The van der Waals surface area contributed by atoms with Crippen molar-refractivity contribution < 1.29 is 19.1 Å². The van der Waals surface area contributed by atoms with E-state index in [1.165, 1.54) is 12.0 Å². The second-order valence-electron chi connectivity index (χ2n) is 7.01. The predicted molar refractivity (Wildman–Crippen MR) is 120 cm³/mol. The number of hydrogen-bond donors (Lipinski definition) is 1. The molecule has 1 aliphatic rings. The van der Waals surface area contributed by atoms with Crippen LogP contribution in [0.15, 0.2) is 77.9 Å². The Labute approximate surface area is 184 Å². The van der Waals surface area contributed by atoms with Crippen LogP contribution in [0.3, 0.4) is 0 Å². The highest BCUT2D eigenvalue weighted by Crippen LogP contribution is 2.30. The van der Waals surface area contributed by atoms with Gasteiger partial charge in [-0.3, -0.25) is 14.5 Å². The Morgan fingerprint density at radius 2 is 1.78 bits per heavy atom. The van der Waals surface area contributed by atoms with Gasteiger partial charge in [-0.15, -0.1) is 0 Å². The van der Waals surface area contributed by atoms with Crippen LogP contribution in [0.1, 0.15) is 22.3 Å². The fourth-order valence-corrected chi connectivity index (χ4v) is 3.40. The Balaban J connectivity index is 1.60. The van der Waals surface area contributed by atoms with Gasteiger partial charge in [0.1, 0.15) is 12.2 Å². The van der Waals surface area contributed by atoms with E-state index in [0.717, 1.165) is 5.56 Å². The van der Waals surface area contributed by atoms with Crippen LogP contribution in [0.2, 0.25) is 0 Å². The highest BCUT2D eigenvalue weighted by Gasteiger charge is 2.28. The minimum atomic E-state index is -0.570. The van der Waals surface area contributed by atoms with Gasteiger partial charge >= 0.3 is 5.97 Å². The molecule has 4 rings (SSSR count). The number of nitrogens with zero attached hydrogens (tertiary/aromatic N) is 3. The Hall–Kier alpha value is -4.33. The van der Waals surface area contributed by atoms with Crippen LogP contribution >= 0.6 is 0 Å². The van der Waals surface area contributed by atoms with Gasteiger partial charge in [-0.05, 0) is 29.8 Å². The molecule has 0 saturated carbocycles. The topological polar surface area (TPSA) is 101 Å². The van der Waals surface area contributed by atoms with Crippen molar-refractivity contribution in [3.8, 4) is 0 Å². The first-order chi connectivity index (χ1) is 15.6. The third kappa shape index (κ3) is 4.39. The number of para-hydroxylation sites is 1. The van der Waals surface area contributed by atoms with Crippen molar-refractivity contribution in [2.24, 2.45) is 4.99 Å². The summed E-state index contributed by atoms with van der Waals surface area (Å²) < 4.78 is 4.76. The van der Waals surface area contributed by atoms with Crippen molar-refractivity contribution in [1.82, 2.24) is 4.98 Å². The monoisotopic (exact) mass is 428 g/mol. The van der Waals surface area contributed by atoms with Crippen LogP contribution in [-0.4, -0.2) is 42.1 Å².